The molecule has 11 heteroatoms. The van der Waals surface area contributed by atoms with Gasteiger partial charge in [-0.2, -0.15) is 18.3 Å². The topological polar surface area (TPSA) is 99.2 Å². The van der Waals surface area contributed by atoms with Gasteiger partial charge in [-0.3, -0.25) is 4.79 Å². The zero-order valence-corrected chi connectivity index (χ0v) is 17.8. The average molecular weight is 450 g/mol. The Kier molecular flexibility index (Phi) is 6.11. The van der Waals surface area contributed by atoms with Crippen LogP contribution < -0.4 is 5.32 Å². The number of ether oxygens (including phenoxy) is 1. The van der Waals surface area contributed by atoms with Crippen molar-refractivity contribution in [3.63, 3.8) is 0 Å². The van der Waals surface area contributed by atoms with Crippen LogP contribution in [-0.4, -0.2) is 33.4 Å². The van der Waals surface area contributed by atoms with Gasteiger partial charge >= 0.3 is 12.1 Å². The van der Waals surface area contributed by atoms with Crippen molar-refractivity contribution in [2.24, 2.45) is 0 Å². The lowest BCUT2D eigenvalue weighted by atomic mass is 9.93. The number of hydrogen-bond donors (Lipinski definition) is 1. The van der Waals surface area contributed by atoms with Gasteiger partial charge in [-0.1, -0.05) is 25.9 Å². The summed E-state index contributed by atoms with van der Waals surface area (Å²) in [5, 5.41) is 10.1. The minimum absolute atomic E-state index is 0.0147. The van der Waals surface area contributed by atoms with E-state index in [2.05, 4.69) is 20.3 Å². The van der Waals surface area contributed by atoms with E-state index in [1.54, 1.807) is 6.07 Å². The second-order valence-corrected chi connectivity index (χ2v) is 7.86. The molecule has 32 heavy (non-hydrogen) atoms. The van der Waals surface area contributed by atoms with E-state index in [0.717, 1.165) is 6.20 Å². The Balaban J connectivity index is 1.85. The molecule has 0 atom stereocenters. The smallest absolute Gasteiger partial charge is 0.434 e. The Morgan fingerprint density at radius 2 is 1.81 bits per heavy atom. The van der Waals surface area contributed by atoms with E-state index in [9.17, 15) is 22.8 Å². The summed E-state index contributed by atoms with van der Waals surface area (Å²) in [5.74, 6) is -0.841. The molecule has 170 valence electrons. The van der Waals surface area contributed by atoms with Crippen LogP contribution in [-0.2, 0) is 16.3 Å². The summed E-state index contributed by atoms with van der Waals surface area (Å²) in [4.78, 5) is 24.4. The van der Waals surface area contributed by atoms with Gasteiger partial charge in [0.2, 0.25) is 0 Å². The van der Waals surface area contributed by atoms with E-state index in [4.69, 9.17) is 4.52 Å². The Morgan fingerprint density at radius 1 is 1.16 bits per heavy atom. The van der Waals surface area contributed by atoms with Crippen molar-refractivity contribution in [3.05, 3.63) is 59.1 Å². The number of benzene rings is 1. The van der Waals surface area contributed by atoms with Crippen LogP contribution in [0.4, 0.5) is 19.0 Å². The van der Waals surface area contributed by atoms with Crippen LogP contribution in [0, 0.1) is 0 Å². The fourth-order valence-corrected chi connectivity index (χ4v) is 2.81. The molecule has 0 fully saturated rings. The second kappa shape index (κ2) is 8.48. The molecule has 1 amide bonds. The quantitative estimate of drug-likeness (QED) is 0.570. The fraction of sp³-hybridized carbons (Fsp3) is 0.333. The third kappa shape index (κ3) is 4.82. The van der Waals surface area contributed by atoms with Crippen LogP contribution in [0.15, 0.2) is 41.1 Å². The number of esters is 1. The van der Waals surface area contributed by atoms with Gasteiger partial charge < -0.3 is 14.6 Å². The Morgan fingerprint density at radius 3 is 2.34 bits per heavy atom. The predicted octanol–water partition coefficient (Wildman–Crippen LogP) is 4.61. The van der Waals surface area contributed by atoms with E-state index >= 15 is 0 Å². The maximum Gasteiger partial charge on any atom is 0.434 e. The van der Waals surface area contributed by atoms with Crippen LogP contribution in [0.1, 0.15) is 59.9 Å². The van der Waals surface area contributed by atoms with Crippen molar-refractivity contribution in [1.29, 1.82) is 0 Å². The summed E-state index contributed by atoms with van der Waals surface area (Å²) in [6, 6.07) is 6.84. The van der Waals surface area contributed by atoms with Gasteiger partial charge in [0.15, 0.2) is 11.5 Å². The summed E-state index contributed by atoms with van der Waals surface area (Å²) in [5.41, 5.74) is -2.05. The van der Waals surface area contributed by atoms with Gasteiger partial charge in [0, 0.05) is 17.0 Å². The first-order valence-corrected chi connectivity index (χ1v) is 9.63. The van der Waals surface area contributed by atoms with Crippen LogP contribution in [0.25, 0.3) is 5.69 Å². The molecule has 0 aliphatic carbocycles. The molecular formula is C21H21F3N4O4. The molecule has 0 radical (unpaired) electrons. The summed E-state index contributed by atoms with van der Waals surface area (Å²) in [6.07, 6.45) is -4.05. The molecular weight excluding hydrogens is 429 g/mol. The molecule has 3 aromatic rings. The number of halogens is 3. The van der Waals surface area contributed by atoms with Crippen molar-refractivity contribution < 1.29 is 32.0 Å². The molecule has 1 aromatic carbocycles. The largest absolute Gasteiger partial charge is 0.462 e. The number of nitrogens with zero attached hydrogens (tertiary/aromatic N) is 3. The van der Waals surface area contributed by atoms with Crippen molar-refractivity contribution in [2.75, 3.05) is 11.9 Å². The summed E-state index contributed by atoms with van der Waals surface area (Å²) >= 11 is 0. The molecule has 0 unspecified atom stereocenters. The fourth-order valence-electron chi connectivity index (χ4n) is 2.81. The molecule has 0 aliphatic rings. The SMILES string of the molecule is CCOC(=O)c1cnn(-c2ccc(C(=O)Nc3cc(C(C)(C)C)on3)cc2)c1C(F)(F)F. The summed E-state index contributed by atoms with van der Waals surface area (Å²) < 4.78 is 51.3. The van der Waals surface area contributed by atoms with E-state index in [1.165, 1.54) is 31.2 Å². The lowest BCUT2D eigenvalue weighted by Crippen LogP contribution is -2.18. The highest BCUT2D eigenvalue weighted by Gasteiger charge is 2.41. The van der Waals surface area contributed by atoms with Gasteiger partial charge in [0.05, 0.1) is 18.5 Å². The number of carbonyl (C=O) groups is 2. The molecule has 0 saturated carbocycles. The van der Waals surface area contributed by atoms with E-state index in [-0.39, 0.29) is 29.1 Å². The minimum atomic E-state index is -4.85. The number of hydrogen-bond acceptors (Lipinski definition) is 6. The average Bonchev–Trinajstić information content (AvgIpc) is 3.35. The standard InChI is InChI=1S/C21H21F3N4O4/c1-5-31-19(30)14-11-25-28(17(14)21(22,23)24)13-8-6-12(7-9-13)18(29)26-16-10-15(32-27-16)20(2,3)4/h6-11H,5H2,1-4H3,(H,26,27,29). The van der Waals surface area contributed by atoms with Crippen LogP contribution >= 0.6 is 0 Å². The van der Waals surface area contributed by atoms with E-state index < -0.39 is 29.3 Å². The molecule has 2 heterocycles. The lowest BCUT2D eigenvalue weighted by molar-refractivity contribution is -0.143. The number of carbonyl (C=O) groups excluding carboxylic acids is 2. The maximum atomic E-state index is 13.6. The Bertz CT molecular complexity index is 1130. The number of alkyl halides is 3. The minimum Gasteiger partial charge on any atom is -0.462 e. The highest BCUT2D eigenvalue weighted by Crippen LogP contribution is 2.34. The molecule has 1 N–H and O–H groups in total. The second-order valence-electron chi connectivity index (χ2n) is 7.86. The molecule has 8 nitrogen and oxygen atoms in total. The predicted molar refractivity (Wildman–Crippen MR) is 108 cm³/mol. The third-order valence-electron chi connectivity index (χ3n) is 4.40. The van der Waals surface area contributed by atoms with Crippen LogP contribution in [0.3, 0.4) is 0 Å². The molecule has 3 rings (SSSR count). The molecule has 0 spiro atoms. The Hall–Kier alpha value is -3.63. The first-order valence-electron chi connectivity index (χ1n) is 9.63. The van der Waals surface area contributed by atoms with Gasteiger partial charge in [-0.25, -0.2) is 9.48 Å². The van der Waals surface area contributed by atoms with Gasteiger partial charge in [-0.15, -0.1) is 0 Å². The molecule has 0 bridgehead atoms. The normalized spacial score (nSPS) is 12.0. The van der Waals surface area contributed by atoms with E-state index in [0.29, 0.717) is 10.4 Å². The zero-order valence-electron chi connectivity index (χ0n) is 17.8. The highest BCUT2D eigenvalue weighted by atomic mass is 19.4. The molecule has 0 aliphatic heterocycles. The van der Waals surface area contributed by atoms with Crippen molar-refractivity contribution in [3.8, 4) is 5.69 Å². The number of rotatable bonds is 5. The van der Waals surface area contributed by atoms with Crippen molar-refractivity contribution in [1.82, 2.24) is 14.9 Å². The first-order chi connectivity index (χ1) is 14.9. The molecule has 0 saturated heterocycles. The van der Waals surface area contributed by atoms with Crippen molar-refractivity contribution in [2.45, 2.75) is 39.3 Å². The molecule has 2 aromatic heterocycles. The summed E-state index contributed by atoms with van der Waals surface area (Å²) in [6.45, 7) is 7.19. The van der Waals surface area contributed by atoms with Crippen LogP contribution in [0.5, 0.6) is 0 Å². The third-order valence-corrected chi connectivity index (χ3v) is 4.40. The number of aromatic nitrogens is 3. The van der Waals surface area contributed by atoms with E-state index in [1.807, 2.05) is 20.8 Å². The Labute approximate surface area is 181 Å². The maximum absolute atomic E-state index is 13.6. The summed E-state index contributed by atoms with van der Waals surface area (Å²) in [7, 11) is 0. The number of anilines is 1. The zero-order chi connectivity index (χ0) is 23.7. The monoisotopic (exact) mass is 450 g/mol. The van der Waals surface area contributed by atoms with Crippen LogP contribution in [0.2, 0.25) is 0 Å². The van der Waals surface area contributed by atoms with Gasteiger partial charge in [0.1, 0.15) is 11.3 Å². The van der Waals surface area contributed by atoms with Crippen molar-refractivity contribution >= 4 is 17.7 Å². The number of nitrogens with one attached hydrogen (secondary N) is 1. The first kappa shape index (κ1) is 23.0. The highest BCUT2D eigenvalue weighted by molar-refractivity contribution is 6.03. The van der Waals surface area contributed by atoms with Gasteiger partial charge in [-0.05, 0) is 31.2 Å². The van der Waals surface area contributed by atoms with Gasteiger partial charge in [0.25, 0.3) is 5.91 Å². The number of amides is 1. The lowest BCUT2D eigenvalue weighted by Gasteiger charge is -2.13.